The lowest BCUT2D eigenvalue weighted by Gasteiger charge is -2.31. The van der Waals surface area contributed by atoms with Crippen LogP contribution in [0.1, 0.15) is 25.7 Å². The van der Waals surface area contributed by atoms with Crippen LogP contribution in [0.3, 0.4) is 0 Å². The molecule has 1 aliphatic heterocycles. The second-order valence-corrected chi connectivity index (χ2v) is 8.10. The van der Waals surface area contributed by atoms with Gasteiger partial charge in [-0.25, -0.2) is 8.42 Å². The smallest absolute Gasteiger partial charge is 0.243 e. The van der Waals surface area contributed by atoms with Gasteiger partial charge in [0.05, 0.1) is 17.9 Å². The minimum atomic E-state index is -3.57. The molecule has 23 heavy (non-hydrogen) atoms. The molecule has 1 unspecified atom stereocenters. The number of hydrogen-bond donors (Lipinski definition) is 1. The molecule has 0 radical (unpaired) electrons. The van der Waals surface area contributed by atoms with Crippen LogP contribution in [0, 0.1) is 5.92 Å². The summed E-state index contributed by atoms with van der Waals surface area (Å²) >= 11 is 0. The highest BCUT2D eigenvalue weighted by Gasteiger charge is 2.35. The van der Waals surface area contributed by atoms with Gasteiger partial charge in [-0.1, -0.05) is 0 Å². The van der Waals surface area contributed by atoms with Crippen LogP contribution in [0.25, 0.3) is 0 Å². The van der Waals surface area contributed by atoms with Crippen molar-refractivity contribution >= 4 is 15.9 Å². The number of rotatable bonds is 5. The van der Waals surface area contributed by atoms with Gasteiger partial charge in [-0.15, -0.1) is 0 Å². The molecule has 1 saturated carbocycles. The summed E-state index contributed by atoms with van der Waals surface area (Å²) in [6, 6.07) is 6.66. The number of amides is 1. The molecule has 1 atom stereocenters. The highest BCUT2D eigenvalue weighted by Crippen LogP contribution is 2.26. The van der Waals surface area contributed by atoms with Crippen LogP contribution in [0.2, 0.25) is 0 Å². The maximum atomic E-state index is 12.7. The lowest BCUT2D eigenvalue weighted by molar-refractivity contribution is -0.126. The number of carbonyl (C=O) groups excluding carboxylic acids is 1. The molecule has 1 N–H and O–H groups in total. The van der Waals surface area contributed by atoms with E-state index in [-0.39, 0.29) is 23.3 Å². The minimum absolute atomic E-state index is 0.0119. The van der Waals surface area contributed by atoms with Crippen LogP contribution in [-0.2, 0) is 14.8 Å². The van der Waals surface area contributed by atoms with Crippen molar-refractivity contribution in [2.75, 3.05) is 20.2 Å². The Kier molecular flexibility index (Phi) is 4.59. The van der Waals surface area contributed by atoms with Gasteiger partial charge in [0.2, 0.25) is 15.9 Å². The van der Waals surface area contributed by atoms with Crippen molar-refractivity contribution in [1.82, 2.24) is 9.62 Å². The van der Waals surface area contributed by atoms with E-state index in [0.717, 1.165) is 19.3 Å². The zero-order valence-electron chi connectivity index (χ0n) is 13.2. The average Bonchev–Trinajstić information content (AvgIpc) is 3.39. The Bertz CT molecular complexity index is 668. The Balaban J connectivity index is 1.71. The fourth-order valence-corrected chi connectivity index (χ4v) is 4.34. The number of carbonyl (C=O) groups is 1. The monoisotopic (exact) mass is 338 g/mol. The molecular weight excluding hydrogens is 316 g/mol. The number of ether oxygens (including phenoxy) is 1. The molecule has 1 saturated heterocycles. The van der Waals surface area contributed by atoms with Crippen LogP contribution < -0.4 is 10.1 Å². The average molecular weight is 338 g/mol. The van der Waals surface area contributed by atoms with Crippen LogP contribution >= 0.6 is 0 Å². The van der Waals surface area contributed by atoms with Gasteiger partial charge in [0.25, 0.3) is 0 Å². The van der Waals surface area contributed by atoms with Crippen molar-refractivity contribution in [2.45, 2.75) is 36.6 Å². The molecule has 0 aromatic heterocycles. The molecular formula is C16H22N2O4S. The summed E-state index contributed by atoms with van der Waals surface area (Å²) in [5.74, 6) is 0.351. The molecule has 3 rings (SSSR count). The zero-order chi connectivity index (χ0) is 16.4. The van der Waals surface area contributed by atoms with Crippen LogP contribution in [0.5, 0.6) is 5.75 Å². The molecule has 6 nitrogen and oxygen atoms in total. The SMILES string of the molecule is COc1ccc(S(=O)(=O)N2CCCC(C(=O)NC3CC3)C2)cc1. The largest absolute Gasteiger partial charge is 0.497 e. The van der Waals surface area contributed by atoms with Gasteiger partial charge in [0, 0.05) is 19.1 Å². The Labute approximate surface area is 136 Å². The van der Waals surface area contributed by atoms with E-state index in [0.29, 0.717) is 24.8 Å². The molecule has 0 bridgehead atoms. The van der Waals surface area contributed by atoms with Crippen LogP contribution in [0.15, 0.2) is 29.2 Å². The van der Waals surface area contributed by atoms with E-state index in [4.69, 9.17) is 4.74 Å². The topological polar surface area (TPSA) is 75.7 Å². The van der Waals surface area contributed by atoms with Gasteiger partial charge in [0.1, 0.15) is 5.75 Å². The van der Waals surface area contributed by atoms with Crippen LogP contribution in [-0.4, -0.2) is 44.9 Å². The summed E-state index contributed by atoms with van der Waals surface area (Å²) in [4.78, 5) is 12.4. The molecule has 1 amide bonds. The van der Waals surface area contributed by atoms with Crippen molar-refractivity contribution in [2.24, 2.45) is 5.92 Å². The minimum Gasteiger partial charge on any atom is -0.497 e. The van der Waals surface area contributed by atoms with E-state index in [1.165, 1.54) is 11.4 Å². The highest BCUT2D eigenvalue weighted by molar-refractivity contribution is 7.89. The summed E-state index contributed by atoms with van der Waals surface area (Å²) in [6.07, 6.45) is 3.52. The molecule has 1 aliphatic carbocycles. The predicted octanol–water partition coefficient (Wildman–Crippen LogP) is 1.37. The van der Waals surface area contributed by atoms with E-state index in [9.17, 15) is 13.2 Å². The van der Waals surface area contributed by atoms with Gasteiger partial charge < -0.3 is 10.1 Å². The van der Waals surface area contributed by atoms with Gasteiger partial charge in [-0.2, -0.15) is 4.31 Å². The van der Waals surface area contributed by atoms with E-state index in [2.05, 4.69) is 5.32 Å². The maximum Gasteiger partial charge on any atom is 0.243 e. The summed E-state index contributed by atoms with van der Waals surface area (Å²) < 4.78 is 32.0. The van der Waals surface area contributed by atoms with Crippen molar-refractivity contribution in [3.8, 4) is 5.75 Å². The Morgan fingerprint density at radius 3 is 2.52 bits per heavy atom. The lowest BCUT2D eigenvalue weighted by Crippen LogP contribution is -2.45. The number of piperidine rings is 1. The second-order valence-electron chi connectivity index (χ2n) is 6.16. The van der Waals surface area contributed by atoms with Gasteiger partial charge in [-0.3, -0.25) is 4.79 Å². The number of nitrogens with zero attached hydrogens (tertiary/aromatic N) is 1. The van der Waals surface area contributed by atoms with E-state index in [1.54, 1.807) is 24.3 Å². The number of benzene rings is 1. The molecule has 2 fully saturated rings. The van der Waals surface area contributed by atoms with E-state index >= 15 is 0 Å². The normalized spacial score (nSPS) is 22.6. The molecule has 0 spiro atoms. The first-order valence-corrected chi connectivity index (χ1v) is 9.39. The first-order valence-electron chi connectivity index (χ1n) is 7.95. The van der Waals surface area contributed by atoms with E-state index < -0.39 is 10.0 Å². The summed E-state index contributed by atoms with van der Waals surface area (Å²) in [5.41, 5.74) is 0. The number of methoxy groups -OCH3 is 1. The van der Waals surface area contributed by atoms with Gasteiger partial charge >= 0.3 is 0 Å². The fourth-order valence-electron chi connectivity index (χ4n) is 2.82. The predicted molar refractivity (Wildman–Crippen MR) is 85.6 cm³/mol. The van der Waals surface area contributed by atoms with Gasteiger partial charge in [-0.05, 0) is 49.9 Å². The summed E-state index contributed by atoms with van der Waals surface area (Å²) in [7, 11) is -2.03. The third-order valence-electron chi connectivity index (χ3n) is 4.38. The Hall–Kier alpha value is -1.60. The molecule has 1 aromatic carbocycles. The zero-order valence-corrected chi connectivity index (χ0v) is 14.0. The molecule has 7 heteroatoms. The third kappa shape index (κ3) is 3.67. The molecule has 126 valence electrons. The quantitative estimate of drug-likeness (QED) is 0.880. The summed E-state index contributed by atoms with van der Waals surface area (Å²) in [5, 5.41) is 2.97. The second kappa shape index (κ2) is 6.49. The van der Waals surface area contributed by atoms with Crippen molar-refractivity contribution < 1.29 is 17.9 Å². The Morgan fingerprint density at radius 1 is 1.22 bits per heavy atom. The molecule has 1 heterocycles. The van der Waals surface area contributed by atoms with Crippen LogP contribution in [0.4, 0.5) is 0 Å². The fraction of sp³-hybridized carbons (Fsp3) is 0.562. The van der Waals surface area contributed by atoms with Crippen molar-refractivity contribution in [1.29, 1.82) is 0 Å². The first kappa shape index (κ1) is 16.3. The maximum absolute atomic E-state index is 12.7. The lowest BCUT2D eigenvalue weighted by atomic mass is 9.99. The summed E-state index contributed by atoms with van der Waals surface area (Å²) in [6.45, 7) is 0.717. The Morgan fingerprint density at radius 2 is 1.91 bits per heavy atom. The number of nitrogens with one attached hydrogen (secondary N) is 1. The third-order valence-corrected chi connectivity index (χ3v) is 6.26. The number of hydrogen-bond acceptors (Lipinski definition) is 4. The van der Waals surface area contributed by atoms with Crippen molar-refractivity contribution in [3.63, 3.8) is 0 Å². The highest BCUT2D eigenvalue weighted by atomic mass is 32.2. The van der Waals surface area contributed by atoms with Crippen molar-refractivity contribution in [3.05, 3.63) is 24.3 Å². The number of sulfonamides is 1. The van der Waals surface area contributed by atoms with Gasteiger partial charge in [0.15, 0.2) is 0 Å². The molecule has 1 aromatic rings. The first-order chi connectivity index (χ1) is 11.0. The standard InChI is InChI=1S/C16H22N2O4S/c1-22-14-6-8-15(9-7-14)23(20,21)18-10-2-3-12(11-18)16(19)17-13-4-5-13/h6-9,12-13H,2-5,10-11H2,1H3,(H,17,19). The van der Waals surface area contributed by atoms with E-state index in [1.807, 2.05) is 0 Å². The molecule has 2 aliphatic rings.